The first kappa shape index (κ1) is 16.6. The van der Waals surface area contributed by atoms with Gasteiger partial charge in [0.1, 0.15) is 0 Å². The van der Waals surface area contributed by atoms with Gasteiger partial charge in [-0.25, -0.2) is 0 Å². The highest BCUT2D eigenvalue weighted by molar-refractivity contribution is 5.56. The molecule has 0 heterocycles. The molecule has 5 nitrogen and oxygen atoms in total. The molecule has 0 fully saturated rings. The molecule has 0 radical (unpaired) electrons. The maximum absolute atomic E-state index is 10.6. The quantitative estimate of drug-likeness (QED) is 0.764. The zero-order valence-electron chi connectivity index (χ0n) is 12.7. The van der Waals surface area contributed by atoms with Crippen LogP contribution in [0.25, 0.3) is 0 Å². The number of nitrogens with two attached hydrogens (primary N) is 1. The van der Waals surface area contributed by atoms with Crippen molar-refractivity contribution in [2.24, 2.45) is 11.7 Å². The van der Waals surface area contributed by atoms with Gasteiger partial charge in [-0.2, -0.15) is 0 Å². The van der Waals surface area contributed by atoms with E-state index in [-0.39, 0.29) is 5.92 Å². The summed E-state index contributed by atoms with van der Waals surface area (Å²) >= 11 is 0. The molecule has 5 heteroatoms. The van der Waals surface area contributed by atoms with Crippen molar-refractivity contribution < 1.29 is 19.3 Å². The van der Waals surface area contributed by atoms with Gasteiger partial charge in [-0.05, 0) is 25.1 Å². The molecule has 1 aromatic carbocycles. The molecule has 0 amide bonds. The first-order valence-electron chi connectivity index (χ1n) is 6.81. The van der Waals surface area contributed by atoms with Crippen molar-refractivity contribution in [3.8, 4) is 17.2 Å². The highest BCUT2D eigenvalue weighted by atomic mass is 16.5. The summed E-state index contributed by atoms with van der Waals surface area (Å²) in [7, 11) is 4.65. The summed E-state index contributed by atoms with van der Waals surface area (Å²) in [5.41, 5.74) is 6.43. The van der Waals surface area contributed by atoms with Gasteiger partial charge >= 0.3 is 0 Å². The Morgan fingerprint density at radius 1 is 1.10 bits per heavy atom. The van der Waals surface area contributed by atoms with Crippen LogP contribution in [0.3, 0.4) is 0 Å². The second-order valence-corrected chi connectivity index (χ2v) is 4.65. The van der Waals surface area contributed by atoms with E-state index in [9.17, 15) is 5.11 Å². The molecular weight excluding hydrogens is 258 g/mol. The molecule has 20 heavy (non-hydrogen) atoms. The first-order chi connectivity index (χ1) is 9.64. The van der Waals surface area contributed by atoms with Crippen LogP contribution < -0.4 is 19.9 Å². The zero-order chi connectivity index (χ0) is 15.1. The minimum atomic E-state index is -0.685. The van der Waals surface area contributed by atoms with Crippen LogP contribution in [0, 0.1) is 5.92 Å². The average Bonchev–Trinajstić information content (AvgIpc) is 2.49. The minimum absolute atomic E-state index is 0.00741. The fourth-order valence-electron chi connectivity index (χ4n) is 2.39. The lowest BCUT2D eigenvalue weighted by atomic mass is 9.91. The molecule has 0 saturated carbocycles. The van der Waals surface area contributed by atoms with Gasteiger partial charge in [0, 0.05) is 11.5 Å². The van der Waals surface area contributed by atoms with Gasteiger partial charge in [-0.3, -0.25) is 0 Å². The first-order valence-corrected chi connectivity index (χ1v) is 6.81. The highest BCUT2D eigenvalue weighted by Gasteiger charge is 2.25. The van der Waals surface area contributed by atoms with Crippen LogP contribution in [0.5, 0.6) is 17.2 Å². The SMILES string of the molecule is CCCC(CN)C(O)c1ccc(OC)c(OC)c1OC. The third-order valence-corrected chi connectivity index (χ3v) is 3.46. The van der Waals surface area contributed by atoms with E-state index in [1.54, 1.807) is 33.5 Å². The Morgan fingerprint density at radius 3 is 2.20 bits per heavy atom. The van der Waals surface area contributed by atoms with Crippen molar-refractivity contribution in [2.75, 3.05) is 27.9 Å². The van der Waals surface area contributed by atoms with E-state index in [0.29, 0.717) is 29.4 Å². The standard InChI is InChI=1S/C15H25NO4/c1-5-6-10(9-16)13(17)11-7-8-12(18-2)15(20-4)14(11)19-3/h7-8,10,13,17H,5-6,9,16H2,1-4H3. The molecule has 0 aliphatic rings. The Balaban J connectivity index is 3.23. The number of rotatable bonds is 8. The van der Waals surface area contributed by atoms with E-state index in [2.05, 4.69) is 6.92 Å². The summed E-state index contributed by atoms with van der Waals surface area (Å²) in [6.07, 6.45) is 1.14. The molecule has 2 atom stereocenters. The van der Waals surface area contributed by atoms with Crippen molar-refractivity contribution in [2.45, 2.75) is 25.9 Å². The molecule has 1 rings (SSSR count). The van der Waals surface area contributed by atoms with E-state index >= 15 is 0 Å². The number of aliphatic hydroxyl groups is 1. The monoisotopic (exact) mass is 283 g/mol. The van der Waals surface area contributed by atoms with Gasteiger partial charge in [0.15, 0.2) is 11.5 Å². The third kappa shape index (κ3) is 3.35. The van der Waals surface area contributed by atoms with Crippen molar-refractivity contribution >= 4 is 0 Å². The van der Waals surface area contributed by atoms with E-state index in [1.165, 1.54) is 0 Å². The van der Waals surface area contributed by atoms with Gasteiger partial charge in [0.05, 0.1) is 27.4 Å². The summed E-state index contributed by atoms with van der Waals surface area (Å²) in [5, 5.41) is 10.6. The number of aliphatic hydroxyl groups excluding tert-OH is 1. The lowest BCUT2D eigenvalue weighted by molar-refractivity contribution is 0.103. The second-order valence-electron chi connectivity index (χ2n) is 4.65. The van der Waals surface area contributed by atoms with Crippen LogP contribution >= 0.6 is 0 Å². The smallest absolute Gasteiger partial charge is 0.203 e. The summed E-state index contributed by atoms with van der Waals surface area (Å²) in [5.74, 6) is 1.54. The van der Waals surface area contributed by atoms with Crippen molar-refractivity contribution in [1.82, 2.24) is 0 Å². The van der Waals surface area contributed by atoms with Gasteiger partial charge in [-0.15, -0.1) is 0 Å². The minimum Gasteiger partial charge on any atom is -0.493 e. The highest BCUT2D eigenvalue weighted by Crippen LogP contribution is 2.43. The van der Waals surface area contributed by atoms with Crippen LogP contribution in [0.2, 0.25) is 0 Å². The largest absolute Gasteiger partial charge is 0.493 e. The Bertz CT molecular complexity index is 423. The summed E-state index contributed by atoms with van der Waals surface area (Å²) in [6.45, 7) is 2.49. The average molecular weight is 283 g/mol. The predicted molar refractivity (Wildman–Crippen MR) is 78.5 cm³/mol. The number of hydrogen-bond donors (Lipinski definition) is 2. The Morgan fingerprint density at radius 2 is 1.75 bits per heavy atom. The van der Waals surface area contributed by atoms with Crippen LogP contribution in [-0.4, -0.2) is 33.0 Å². The molecule has 114 valence electrons. The van der Waals surface area contributed by atoms with E-state index < -0.39 is 6.10 Å². The topological polar surface area (TPSA) is 73.9 Å². The zero-order valence-corrected chi connectivity index (χ0v) is 12.7. The molecule has 3 N–H and O–H groups in total. The molecular formula is C15H25NO4. The summed E-state index contributed by atoms with van der Waals surface area (Å²) < 4.78 is 16.0. The lowest BCUT2D eigenvalue weighted by Crippen LogP contribution is -2.22. The number of benzene rings is 1. The predicted octanol–water partition coefficient (Wildman–Crippen LogP) is 2.12. The molecule has 0 aromatic heterocycles. The van der Waals surface area contributed by atoms with Crippen LogP contribution in [-0.2, 0) is 0 Å². The summed E-state index contributed by atoms with van der Waals surface area (Å²) in [4.78, 5) is 0. The van der Waals surface area contributed by atoms with Crippen LogP contribution in [0.1, 0.15) is 31.4 Å². The molecule has 0 aliphatic heterocycles. The van der Waals surface area contributed by atoms with E-state index in [1.807, 2.05) is 0 Å². The Hall–Kier alpha value is -1.46. The lowest BCUT2D eigenvalue weighted by Gasteiger charge is -2.24. The van der Waals surface area contributed by atoms with E-state index in [0.717, 1.165) is 12.8 Å². The fourth-order valence-corrected chi connectivity index (χ4v) is 2.39. The molecule has 2 unspecified atom stereocenters. The molecule has 1 aromatic rings. The Labute approximate surface area is 120 Å². The van der Waals surface area contributed by atoms with Crippen LogP contribution in [0.4, 0.5) is 0 Å². The number of ether oxygens (including phenoxy) is 3. The number of methoxy groups -OCH3 is 3. The molecule has 0 aliphatic carbocycles. The van der Waals surface area contributed by atoms with Gasteiger partial charge in [-0.1, -0.05) is 13.3 Å². The number of hydrogen-bond acceptors (Lipinski definition) is 5. The van der Waals surface area contributed by atoms with Gasteiger partial charge in [0.25, 0.3) is 0 Å². The summed E-state index contributed by atoms with van der Waals surface area (Å²) in [6, 6.07) is 3.56. The van der Waals surface area contributed by atoms with Crippen molar-refractivity contribution in [3.63, 3.8) is 0 Å². The van der Waals surface area contributed by atoms with Crippen LogP contribution in [0.15, 0.2) is 12.1 Å². The van der Waals surface area contributed by atoms with Crippen molar-refractivity contribution in [3.05, 3.63) is 17.7 Å². The van der Waals surface area contributed by atoms with Gasteiger partial charge in [0.2, 0.25) is 5.75 Å². The maximum atomic E-state index is 10.6. The fraction of sp³-hybridized carbons (Fsp3) is 0.600. The molecule has 0 bridgehead atoms. The second kappa shape index (κ2) is 7.97. The molecule has 0 saturated heterocycles. The normalized spacial score (nSPS) is 13.7. The third-order valence-electron chi connectivity index (χ3n) is 3.46. The van der Waals surface area contributed by atoms with Crippen molar-refractivity contribution in [1.29, 1.82) is 0 Å². The Kier molecular flexibility index (Phi) is 6.61. The maximum Gasteiger partial charge on any atom is 0.203 e. The molecule has 0 spiro atoms. The van der Waals surface area contributed by atoms with Gasteiger partial charge < -0.3 is 25.1 Å². The van der Waals surface area contributed by atoms with E-state index in [4.69, 9.17) is 19.9 Å².